The van der Waals surface area contributed by atoms with Crippen molar-refractivity contribution in [3.63, 3.8) is 0 Å². The first-order valence-electron chi connectivity index (χ1n) is 9.85. The number of nitrogen functional groups attached to an aromatic ring is 2. The van der Waals surface area contributed by atoms with Gasteiger partial charge >= 0.3 is 0 Å². The van der Waals surface area contributed by atoms with E-state index in [4.69, 9.17) is 20.9 Å². The lowest BCUT2D eigenvalue weighted by atomic mass is 9.93. The molecule has 0 aromatic heterocycles. The Morgan fingerprint density at radius 3 is 1.27 bits per heavy atom. The molecular weight excluding hydrogens is 372 g/mol. The Hall–Kier alpha value is -3.92. The smallest absolute Gasteiger partial charge is 0.150 e. The van der Waals surface area contributed by atoms with E-state index in [2.05, 4.69) is 31.2 Å². The SMILES string of the molecule is CC(c1ccc(Oc2ccccc2N)cc1)c1ccc(Oc2ccccc2N)cc1. The second-order valence-electron chi connectivity index (χ2n) is 7.14. The molecule has 4 rings (SSSR count). The minimum atomic E-state index is 0.233. The second kappa shape index (κ2) is 8.62. The number of hydrogen-bond donors (Lipinski definition) is 2. The first-order chi connectivity index (χ1) is 14.6. The summed E-state index contributed by atoms with van der Waals surface area (Å²) in [4.78, 5) is 0. The zero-order chi connectivity index (χ0) is 20.9. The summed E-state index contributed by atoms with van der Waals surface area (Å²) in [6.07, 6.45) is 0. The van der Waals surface area contributed by atoms with Crippen molar-refractivity contribution in [3.8, 4) is 23.0 Å². The molecule has 0 radical (unpaired) electrons. The van der Waals surface area contributed by atoms with Crippen LogP contribution in [0, 0.1) is 0 Å². The molecule has 4 nitrogen and oxygen atoms in total. The van der Waals surface area contributed by atoms with Crippen LogP contribution in [0.5, 0.6) is 23.0 Å². The standard InChI is InChI=1S/C26H24N2O2/c1-18(19-10-14-21(15-11-19)29-25-8-4-2-6-23(25)27)20-12-16-22(17-13-20)30-26-9-5-3-7-24(26)28/h2-18H,27-28H2,1H3. The van der Waals surface area contributed by atoms with Crippen molar-refractivity contribution in [2.24, 2.45) is 0 Å². The van der Waals surface area contributed by atoms with Gasteiger partial charge in [0.25, 0.3) is 0 Å². The lowest BCUT2D eigenvalue weighted by molar-refractivity contribution is 0.484. The molecule has 0 aliphatic heterocycles. The predicted molar refractivity (Wildman–Crippen MR) is 122 cm³/mol. The van der Waals surface area contributed by atoms with Crippen molar-refractivity contribution in [3.05, 3.63) is 108 Å². The van der Waals surface area contributed by atoms with Gasteiger partial charge in [-0.1, -0.05) is 55.5 Å². The molecule has 4 N–H and O–H groups in total. The highest BCUT2D eigenvalue weighted by Gasteiger charge is 2.10. The predicted octanol–water partition coefficient (Wildman–Crippen LogP) is 6.59. The van der Waals surface area contributed by atoms with Gasteiger partial charge in [0.05, 0.1) is 11.4 Å². The van der Waals surface area contributed by atoms with Crippen LogP contribution in [-0.4, -0.2) is 0 Å². The Morgan fingerprint density at radius 2 is 0.900 bits per heavy atom. The lowest BCUT2D eigenvalue weighted by Gasteiger charge is -2.15. The van der Waals surface area contributed by atoms with E-state index < -0.39 is 0 Å². The quantitative estimate of drug-likeness (QED) is 0.361. The number of rotatable bonds is 6. The maximum absolute atomic E-state index is 5.95. The fourth-order valence-electron chi connectivity index (χ4n) is 3.24. The number of hydrogen-bond acceptors (Lipinski definition) is 4. The summed E-state index contributed by atoms with van der Waals surface area (Å²) in [5.41, 5.74) is 15.5. The Kier molecular flexibility index (Phi) is 5.57. The molecule has 0 atom stereocenters. The van der Waals surface area contributed by atoms with Crippen LogP contribution in [0.4, 0.5) is 11.4 Å². The fourth-order valence-corrected chi connectivity index (χ4v) is 3.24. The molecule has 4 heteroatoms. The first kappa shape index (κ1) is 19.4. The van der Waals surface area contributed by atoms with E-state index in [0.29, 0.717) is 22.9 Å². The number of benzene rings is 4. The molecule has 0 heterocycles. The van der Waals surface area contributed by atoms with Crippen LogP contribution in [0.3, 0.4) is 0 Å². The lowest BCUT2D eigenvalue weighted by Crippen LogP contribution is -1.97. The van der Waals surface area contributed by atoms with Gasteiger partial charge in [0.15, 0.2) is 0 Å². The van der Waals surface area contributed by atoms with Crippen molar-refractivity contribution in [2.75, 3.05) is 11.5 Å². The topological polar surface area (TPSA) is 70.5 Å². The summed E-state index contributed by atoms with van der Waals surface area (Å²) in [5, 5.41) is 0. The Labute approximate surface area is 176 Å². The van der Waals surface area contributed by atoms with Crippen LogP contribution in [0.25, 0.3) is 0 Å². The van der Waals surface area contributed by atoms with E-state index >= 15 is 0 Å². The number of nitrogens with two attached hydrogens (primary N) is 2. The molecule has 0 saturated carbocycles. The maximum atomic E-state index is 5.95. The first-order valence-corrected chi connectivity index (χ1v) is 9.85. The second-order valence-corrected chi connectivity index (χ2v) is 7.14. The van der Waals surface area contributed by atoms with Gasteiger partial charge in [0, 0.05) is 5.92 Å². The van der Waals surface area contributed by atoms with Gasteiger partial charge in [-0.05, 0) is 59.7 Å². The Balaban J connectivity index is 1.44. The molecule has 0 aliphatic rings. The monoisotopic (exact) mass is 396 g/mol. The number of ether oxygens (including phenoxy) is 2. The Morgan fingerprint density at radius 1 is 0.533 bits per heavy atom. The van der Waals surface area contributed by atoms with Crippen molar-refractivity contribution in [2.45, 2.75) is 12.8 Å². The van der Waals surface area contributed by atoms with Crippen LogP contribution in [0.2, 0.25) is 0 Å². The summed E-state index contributed by atoms with van der Waals surface area (Å²) in [6.45, 7) is 2.18. The van der Waals surface area contributed by atoms with Crippen LogP contribution < -0.4 is 20.9 Å². The van der Waals surface area contributed by atoms with Crippen LogP contribution in [0.1, 0.15) is 24.0 Å². The van der Waals surface area contributed by atoms with Gasteiger partial charge < -0.3 is 20.9 Å². The molecule has 30 heavy (non-hydrogen) atoms. The molecule has 0 saturated heterocycles. The van der Waals surface area contributed by atoms with Gasteiger partial charge in [0.1, 0.15) is 23.0 Å². The molecule has 150 valence electrons. The molecular formula is C26H24N2O2. The third kappa shape index (κ3) is 4.39. The van der Waals surface area contributed by atoms with E-state index in [0.717, 1.165) is 11.5 Å². The number of anilines is 2. The Bertz CT molecular complexity index is 1030. The average molecular weight is 396 g/mol. The molecule has 0 aliphatic carbocycles. The van der Waals surface area contributed by atoms with Crippen LogP contribution >= 0.6 is 0 Å². The third-order valence-electron chi connectivity index (χ3n) is 5.05. The van der Waals surface area contributed by atoms with Gasteiger partial charge in [-0.15, -0.1) is 0 Å². The van der Waals surface area contributed by atoms with Gasteiger partial charge in [0.2, 0.25) is 0 Å². The summed E-state index contributed by atoms with van der Waals surface area (Å²) in [5.74, 6) is 3.07. The molecule has 0 bridgehead atoms. The molecule has 0 fully saturated rings. The van der Waals surface area contributed by atoms with Gasteiger partial charge in [-0.25, -0.2) is 0 Å². The molecule has 0 amide bonds. The number of para-hydroxylation sites is 4. The summed E-state index contributed by atoms with van der Waals surface area (Å²) >= 11 is 0. The minimum absolute atomic E-state index is 0.233. The highest BCUT2D eigenvalue weighted by molar-refractivity contribution is 5.54. The molecule has 4 aromatic carbocycles. The van der Waals surface area contributed by atoms with Crippen molar-refractivity contribution in [1.29, 1.82) is 0 Å². The van der Waals surface area contributed by atoms with E-state index in [1.54, 1.807) is 0 Å². The van der Waals surface area contributed by atoms with E-state index in [1.165, 1.54) is 11.1 Å². The van der Waals surface area contributed by atoms with E-state index in [-0.39, 0.29) is 5.92 Å². The zero-order valence-electron chi connectivity index (χ0n) is 16.8. The summed E-state index contributed by atoms with van der Waals surface area (Å²) in [7, 11) is 0. The van der Waals surface area contributed by atoms with Crippen molar-refractivity contribution >= 4 is 11.4 Å². The third-order valence-corrected chi connectivity index (χ3v) is 5.05. The normalized spacial score (nSPS) is 10.7. The van der Waals surface area contributed by atoms with E-state index in [9.17, 15) is 0 Å². The maximum Gasteiger partial charge on any atom is 0.150 e. The van der Waals surface area contributed by atoms with Crippen LogP contribution in [0.15, 0.2) is 97.1 Å². The fraction of sp³-hybridized carbons (Fsp3) is 0.0769. The van der Waals surface area contributed by atoms with Crippen LogP contribution in [-0.2, 0) is 0 Å². The molecule has 0 unspecified atom stereocenters. The van der Waals surface area contributed by atoms with Gasteiger partial charge in [-0.3, -0.25) is 0 Å². The summed E-state index contributed by atoms with van der Waals surface area (Å²) < 4.78 is 11.8. The molecule has 0 spiro atoms. The zero-order valence-corrected chi connectivity index (χ0v) is 16.8. The highest BCUT2D eigenvalue weighted by Crippen LogP contribution is 2.32. The summed E-state index contributed by atoms with van der Waals surface area (Å²) in [6, 6.07) is 31.1. The van der Waals surface area contributed by atoms with Crippen molar-refractivity contribution < 1.29 is 9.47 Å². The molecule has 4 aromatic rings. The largest absolute Gasteiger partial charge is 0.455 e. The van der Waals surface area contributed by atoms with Crippen molar-refractivity contribution in [1.82, 2.24) is 0 Å². The van der Waals surface area contributed by atoms with Gasteiger partial charge in [-0.2, -0.15) is 0 Å². The highest BCUT2D eigenvalue weighted by atomic mass is 16.5. The average Bonchev–Trinajstić information content (AvgIpc) is 2.77. The van der Waals surface area contributed by atoms with E-state index in [1.807, 2.05) is 72.8 Å². The minimum Gasteiger partial charge on any atom is -0.455 e.